The maximum Gasteiger partial charge on any atom is 0.162 e. The largest absolute Gasteiger partial charge is 0.493 e. The summed E-state index contributed by atoms with van der Waals surface area (Å²) in [5.74, 6) is 3.12. The van der Waals surface area contributed by atoms with Gasteiger partial charge in [-0.3, -0.25) is 4.90 Å². The summed E-state index contributed by atoms with van der Waals surface area (Å²) in [7, 11) is 3.33. The average Bonchev–Trinajstić information content (AvgIpc) is 2.88. The Morgan fingerprint density at radius 1 is 0.812 bits per heavy atom. The average molecular weight is 433 g/mol. The van der Waals surface area contributed by atoms with Gasteiger partial charge in [0, 0.05) is 49.2 Å². The molecule has 1 saturated heterocycles. The Kier molecular flexibility index (Phi) is 6.12. The number of fused-ring (bicyclic) bond motifs is 1. The van der Waals surface area contributed by atoms with Crippen molar-refractivity contribution in [2.24, 2.45) is 0 Å². The van der Waals surface area contributed by atoms with Gasteiger partial charge in [-0.2, -0.15) is 0 Å². The molecule has 0 bridgehead atoms. The highest BCUT2D eigenvalue weighted by molar-refractivity contribution is 5.93. The van der Waals surface area contributed by atoms with Crippen molar-refractivity contribution in [3.05, 3.63) is 42.5 Å². The summed E-state index contributed by atoms with van der Waals surface area (Å²) >= 11 is 0. The third kappa shape index (κ3) is 4.11. The molecule has 6 nitrogen and oxygen atoms in total. The van der Waals surface area contributed by atoms with Gasteiger partial charge in [-0.15, -0.1) is 0 Å². The van der Waals surface area contributed by atoms with Crippen molar-refractivity contribution >= 4 is 16.7 Å². The number of aromatic nitrogens is 2. The molecule has 0 unspecified atom stereocenters. The first-order chi connectivity index (χ1) is 15.8. The van der Waals surface area contributed by atoms with Crippen molar-refractivity contribution in [2.45, 2.75) is 38.1 Å². The molecule has 5 rings (SSSR count). The van der Waals surface area contributed by atoms with E-state index < -0.39 is 0 Å². The highest BCUT2D eigenvalue weighted by atomic mass is 16.5. The molecule has 0 radical (unpaired) electrons. The quantitative estimate of drug-likeness (QED) is 0.579. The summed E-state index contributed by atoms with van der Waals surface area (Å²) in [5.41, 5.74) is 1.90. The van der Waals surface area contributed by atoms with Gasteiger partial charge in [0.15, 0.2) is 17.3 Å². The maximum absolute atomic E-state index is 5.59. The predicted molar refractivity (Wildman–Crippen MR) is 129 cm³/mol. The fourth-order valence-electron chi connectivity index (χ4n) is 5.14. The van der Waals surface area contributed by atoms with Crippen molar-refractivity contribution in [2.75, 3.05) is 45.3 Å². The van der Waals surface area contributed by atoms with Gasteiger partial charge < -0.3 is 14.4 Å². The highest BCUT2D eigenvalue weighted by Crippen LogP contribution is 2.37. The number of nitrogens with zero attached hydrogens (tertiary/aromatic N) is 4. The first-order valence-electron chi connectivity index (χ1n) is 11.7. The Labute approximate surface area is 190 Å². The molecule has 168 valence electrons. The molecular weight excluding hydrogens is 400 g/mol. The topological polar surface area (TPSA) is 50.7 Å². The third-order valence-corrected chi connectivity index (χ3v) is 6.92. The molecule has 3 aromatic rings. The maximum atomic E-state index is 5.59. The smallest absolute Gasteiger partial charge is 0.162 e. The van der Waals surface area contributed by atoms with Crippen molar-refractivity contribution in [3.8, 4) is 22.9 Å². The monoisotopic (exact) mass is 432 g/mol. The number of ether oxygens (including phenoxy) is 2. The van der Waals surface area contributed by atoms with Crippen LogP contribution < -0.4 is 14.4 Å². The minimum Gasteiger partial charge on any atom is -0.493 e. The molecule has 2 fully saturated rings. The van der Waals surface area contributed by atoms with E-state index in [1.807, 2.05) is 30.3 Å². The molecule has 2 aromatic carbocycles. The normalized spacial score (nSPS) is 18.1. The van der Waals surface area contributed by atoms with Gasteiger partial charge in [-0.1, -0.05) is 49.6 Å². The molecule has 6 heteroatoms. The second kappa shape index (κ2) is 9.33. The molecule has 0 N–H and O–H groups in total. The Bertz CT molecular complexity index is 1060. The number of benzene rings is 2. The Morgan fingerprint density at radius 3 is 2.19 bits per heavy atom. The van der Waals surface area contributed by atoms with Crippen molar-refractivity contribution < 1.29 is 9.47 Å². The van der Waals surface area contributed by atoms with Gasteiger partial charge >= 0.3 is 0 Å². The number of hydrogen-bond acceptors (Lipinski definition) is 6. The molecular formula is C26H32N4O2. The van der Waals surface area contributed by atoms with Gasteiger partial charge in [-0.25, -0.2) is 9.97 Å². The van der Waals surface area contributed by atoms with Gasteiger partial charge in [0.25, 0.3) is 0 Å². The molecule has 0 spiro atoms. The van der Waals surface area contributed by atoms with Crippen LogP contribution in [0.15, 0.2) is 42.5 Å². The number of hydrogen-bond donors (Lipinski definition) is 0. The highest BCUT2D eigenvalue weighted by Gasteiger charge is 2.27. The standard InChI is InChI=1S/C26H32N4O2/c1-31-23-17-21-22(18-24(23)32-2)27-25(19-9-5-3-6-10-19)28-26(21)30-15-13-29(14-16-30)20-11-7-4-8-12-20/h3,5-6,9-10,17-18,20H,4,7-8,11-16H2,1-2H3. The van der Waals surface area contributed by atoms with Crippen molar-refractivity contribution in [1.29, 1.82) is 0 Å². The van der Waals surface area contributed by atoms with E-state index >= 15 is 0 Å². The zero-order chi connectivity index (χ0) is 21.9. The summed E-state index contributed by atoms with van der Waals surface area (Å²) in [6.07, 6.45) is 6.86. The minimum absolute atomic E-state index is 0.686. The fraction of sp³-hybridized carbons (Fsp3) is 0.462. The lowest BCUT2D eigenvalue weighted by atomic mass is 9.94. The van der Waals surface area contributed by atoms with E-state index in [2.05, 4.69) is 21.9 Å². The SMILES string of the molecule is COc1cc2nc(-c3ccccc3)nc(N3CCN(C4CCCCC4)CC3)c2cc1OC. The van der Waals surface area contributed by atoms with E-state index in [-0.39, 0.29) is 0 Å². The molecule has 1 aliphatic carbocycles. The zero-order valence-corrected chi connectivity index (χ0v) is 19.1. The Balaban J connectivity index is 1.51. The molecule has 2 heterocycles. The van der Waals surface area contributed by atoms with Crippen molar-refractivity contribution in [1.82, 2.24) is 14.9 Å². The fourth-order valence-corrected chi connectivity index (χ4v) is 5.14. The van der Waals surface area contributed by atoms with Crippen LogP contribution in [-0.4, -0.2) is 61.3 Å². The number of rotatable bonds is 5. The van der Waals surface area contributed by atoms with Crippen LogP contribution in [-0.2, 0) is 0 Å². The van der Waals surface area contributed by atoms with Gasteiger partial charge in [0.2, 0.25) is 0 Å². The number of anilines is 1. The second-order valence-electron chi connectivity index (χ2n) is 8.78. The van der Waals surface area contributed by atoms with Crippen LogP contribution in [0, 0.1) is 0 Å². The number of piperazine rings is 1. The molecule has 1 saturated carbocycles. The third-order valence-electron chi connectivity index (χ3n) is 6.92. The van der Waals surface area contributed by atoms with Gasteiger partial charge in [0.05, 0.1) is 19.7 Å². The molecule has 0 atom stereocenters. The lowest BCUT2D eigenvalue weighted by Crippen LogP contribution is -2.51. The van der Waals surface area contributed by atoms with E-state index in [0.717, 1.165) is 60.3 Å². The van der Waals surface area contributed by atoms with E-state index in [0.29, 0.717) is 11.5 Å². The summed E-state index contributed by atoms with van der Waals surface area (Å²) in [6, 6.07) is 14.9. The predicted octanol–water partition coefficient (Wildman–Crippen LogP) is 4.77. The molecule has 1 aliphatic heterocycles. The number of methoxy groups -OCH3 is 2. The van der Waals surface area contributed by atoms with E-state index in [9.17, 15) is 0 Å². The van der Waals surface area contributed by atoms with Crippen molar-refractivity contribution in [3.63, 3.8) is 0 Å². The molecule has 32 heavy (non-hydrogen) atoms. The van der Waals surface area contributed by atoms with Crippen LogP contribution in [0.4, 0.5) is 5.82 Å². The molecule has 1 aromatic heterocycles. The summed E-state index contributed by atoms with van der Waals surface area (Å²) in [6.45, 7) is 4.13. The van der Waals surface area contributed by atoms with Crippen LogP contribution in [0.25, 0.3) is 22.3 Å². The van der Waals surface area contributed by atoms with Crippen LogP contribution in [0.3, 0.4) is 0 Å². The van der Waals surface area contributed by atoms with Crippen LogP contribution in [0.2, 0.25) is 0 Å². The van der Waals surface area contributed by atoms with E-state index in [1.165, 1.54) is 32.1 Å². The van der Waals surface area contributed by atoms with Crippen LogP contribution >= 0.6 is 0 Å². The molecule has 0 amide bonds. The van der Waals surface area contributed by atoms with E-state index in [1.54, 1.807) is 14.2 Å². The molecule has 2 aliphatic rings. The second-order valence-corrected chi connectivity index (χ2v) is 8.78. The summed E-state index contributed by atoms with van der Waals surface area (Å²) in [5, 5.41) is 1.01. The summed E-state index contributed by atoms with van der Waals surface area (Å²) < 4.78 is 11.1. The minimum atomic E-state index is 0.686. The Morgan fingerprint density at radius 2 is 1.50 bits per heavy atom. The van der Waals surface area contributed by atoms with Crippen LogP contribution in [0.5, 0.6) is 11.5 Å². The van der Waals surface area contributed by atoms with Gasteiger partial charge in [-0.05, 0) is 18.9 Å². The lowest BCUT2D eigenvalue weighted by molar-refractivity contribution is 0.148. The van der Waals surface area contributed by atoms with Gasteiger partial charge in [0.1, 0.15) is 5.82 Å². The van der Waals surface area contributed by atoms with Crippen LogP contribution in [0.1, 0.15) is 32.1 Å². The summed E-state index contributed by atoms with van der Waals surface area (Å²) in [4.78, 5) is 15.1. The van der Waals surface area contributed by atoms with E-state index in [4.69, 9.17) is 19.4 Å². The lowest BCUT2D eigenvalue weighted by Gasteiger charge is -2.41. The zero-order valence-electron chi connectivity index (χ0n) is 19.1. The first-order valence-corrected chi connectivity index (χ1v) is 11.7. The Hall–Kier alpha value is -2.86. The first kappa shape index (κ1) is 21.0.